The smallest absolute Gasteiger partial charge is 0.250 e. The summed E-state index contributed by atoms with van der Waals surface area (Å²) < 4.78 is 5.41. The predicted molar refractivity (Wildman–Crippen MR) is 81.7 cm³/mol. The minimum absolute atomic E-state index is 0.0280. The van der Waals surface area contributed by atoms with Gasteiger partial charge in [0.25, 0.3) is 0 Å². The molecule has 20 heavy (non-hydrogen) atoms. The van der Waals surface area contributed by atoms with Crippen LogP contribution in [0.15, 0.2) is 18.2 Å². The monoisotopic (exact) mass is 294 g/mol. The Hall–Kier alpha value is -1.54. The normalized spacial score (nSPS) is 10.7. The van der Waals surface area contributed by atoms with Crippen LogP contribution in [0.25, 0.3) is 0 Å². The maximum atomic E-state index is 11.8. The van der Waals surface area contributed by atoms with Crippen molar-refractivity contribution in [3.8, 4) is 11.8 Å². The zero-order chi connectivity index (χ0) is 15.2. The Kier molecular flexibility index (Phi) is 6.03. The summed E-state index contributed by atoms with van der Waals surface area (Å²) >= 11 is 5.93. The third-order valence-corrected chi connectivity index (χ3v) is 2.45. The summed E-state index contributed by atoms with van der Waals surface area (Å²) in [4.78, 5) is 11.8. The molecule has 0 aliphatic rings. The molecule has 108 valence electrons. The standard InChI is InChI=1S/C15H19ClN2O2/c1-15(2,3)20-10-14(19)18-13-9-12(16)7-6-11(13)5-4-8-17/h6-7,9H,8,10,17H2,1-3H3,(H,18,19). The number of nitrogens with two attached hydrogens (primary N) is 1. The molecule has 0 saturated heterocycles. The molecule has 1 aromatic rings. The number of ether oxygens (including phenoxy) is 1. The maximum Gasteiger partial charge on any atom is 0.250 e. The van der Waals surface area contributed by atoms with E-state index >= 15 is 0 Å². The van der Waals surface area contributed by atoms with Gasteiger partial charge in [0, 0.05) is 10.6 Å². The molecule has 0 aliphatic heterocycles. The molecule has 0 atom stereocenters. The van der Waals surface area contributed by atoms with Crippen molar-refractivity contribution in [3.63, 3.8) is 0 Å². The summed E-state index contributed by atoms with van der Waals surface area (Å²) in [7, 11) is 0. The van der Waals surface area contributed by atoms with E-state index in [1.807, 2.05) is 20.8 Å². The Bertz CT molecular complexity index is 539. The number of halogens is 1. The second-order valence-corrected chi connectivity index (χ2v) is 5.58. The van der Waals surface area contributed by atoms with Gasteiger partial charge in [-0.25, -0.2) is 0 Å². The Morgan fingerprint density at radius 1 is 1.45 bits per heavy atom. The average Bonchev–Trinajstić information content (AvgIpc) is 2.35. The predicted octanol–water partition coefficient (Wildman–Crippen LogP) is 2.40. The van der Waals surface area contributed by atoms with Crippen LogP contribution in [0.4, 0.5) is 5.69 Å². The molecule has 1 amide bonds. The zero-order valence-electron chi connectivity index (χ0n) is 11.9. The van der Waals surface area contributed by atoms with Crippen LogP contribution in [-0.2, 0) is 9.53 Å². The van der Waals surface area contributed by atoms with E-state index in [1.54, 1.807) is 18.2 Å². The van der Waals surface area contributed by atoms with Crippen LogP contribution in [0.5, 0.6) is 0 Å². The van der Waals surface area contributed by atoms with E-state index in [-0.39, 0.29) is 24.7 Å². The molecule has 0 spiro atoms. The number of amides is 1. The molecule has 0 fully saturated rings. The summed E-state index contributed by atoms with van der Waals surface area (Å²) in [5, 5.41) is 3.26. The Labute approximate surface area is 124 Å². The third kappa shape index (κ3) is 6.07. The van der Waals surface area contributed by atoms with Crippen LogP contribution in [0.2, 0.25) is 5.02 Å². The number of hydrogen-bond acceptors (Lipinski definition) is 3. The number of hydrogen-bond donors (Lipinski definition) is 2. The van der Waals surface area contributed by atoms with Gasteiger partial charge in [0.15, 0.2) is 0 Å². The molecule has 0 bridgehead atoms. The molecule has 0 radical (unpaired) electrons. The van der Waals surface area contributed by atoms with E-state index in [0.29, 0.717) is 16.3 Å². The molecule has 0 aliphatic carbocycles. The van der Waals surface area contributed by atoms with Crippen LogP contribution in [0.3, 0.4) is 0 Å². The summed E-state index contributed by atoms with van der Waals surface area (Å²) in [6.45, 7) is 5.89. The largest absolute Gasteiger partial charge is 0.366 e. The molecule has 0 saturated carbocycles. The molecule has 0 unspecified atom stereocenters. The lowest BCUT2D eigenvalue weighted by Crippen LogP contribution is -2.27. The highest BCUT2D eigenvalue weighted by Gasteiger charge is 2.13. The lowest BCUT2D eigenvalue weighted by atomic mass is 10.1. The van der Waals surface area contributed by atoms with Gasteiger partial charge >= 0.3 is 0 Å². The Morgan fingerprint density at radius 2 is 2.15 bits per heavy atom. The molecule has 5 heteroatoms. The number of benzene rings is 1. The number of nitrogens with one attached hydrogen (secondary N) is 1. The van der Waals surface area contributed by atoms with Crippen molar-refractivity contribution in [2.45, 2.75) is 26.4 Å². The average molecular weight is 295 g/mol. The minimum Gasteiger partial charge on any atom is -0.366 e. The molecule has 0 aromatic heterocycles. The van der Waals surface area contributed by atoms with Crippen molar-refractivity contribution in [1.29, 1.82) is 0 Å². The fourth-order valence-electron chi connectivity index (χ4n) is 1.34. The van der Waals surface area contributed by atoms with Crippen molar-refractivity contribution >= 4 is 23.2 Å². The first-order valence-electron chi connectivity index (χ1n) is 6.24. The van der Waals surface area contributed by atoms with Crippen LogP contribution in [-0.4, -0.2) is 24.7 Å². The number of carbonyl (C=O) groups excluding carboxylic acids is 1. The quantitative estimate of drug-likeness (QED) is 0.842. The van der Waals surface area contributed by atoms with Crippen LogP contribution in [0, 0.1) is 11.8 Å². The summed E-state index contributed by atoms with van der Waals surface area (Å²) in [6.07, 6.45) is 0. The number of rotatable bonds is 3. The number of carbonyl (C=O) groups is 1. The molecular weight excluding hydrogens is 276 g/mol. The lowest BCUT2D eigenvalue weighted by molar-refractivity contribution is -0.125. The summed E-state index contributed by atoms with van der Waals surface area (Å²) in [6, 6.07) is 5.10. The van der Waals surface area contributed by atoms with Crippen molar-refractivity contribution in [3.05, 3.63) is 28.8 Å². The summed E-state index contributed by atoms with van der Waals surface area (Å²) in [5.74, 6) is 5.38. The van der Waals surface area contributed by atoms with Crippen molar-refractivity contribution in [2.75, 3.05) is 18.5 Å². The second-order valence-electron chi connectivity index (χ2n) is 5.15. The van der Waals surface area contributed by atoms with Gasteiger partial charge in [0.05, 0.1) is 17.8 Å². The first-order valence-corrected chi connectivity index (χ1v) is 6.62. The molecule has 3 N–H and O–H groups in total. The zero-order valence-corrected chi connectivity index (χ0v) is 12.7. The Morgan fingerprint density at radius 3 is 2.75 bits per heavy atom. The van der Waals surface area contributed by atoms with E-state index in [2.05, 4.69) is 17.2 Å². The number of anilines is 1. The topological polar surface area (TPSA) is 64.3 Å². The molecule has 0 heterocycles. The second kappa shape index (κ2) is 7.30. The van der Waals surface area contributed by atoms with Crippen molar-refractivity contribution < 1.29 is 9.53 Å². The third-order valence-electron chi connectivity index (χ3n) is 2.22. The Balaban J connectivity index is 2.80. The van der Waals surface area contributed by atoms with Gasteiger partial charge in [0.2, 0.25) is 5.91 Å². The highest BCUT2D eigenvalue weighted by atomic mass is 35.5. The molecule has 1 aromatic carbocycles. The molecule has 1 rings (SSSR count). The van der Waals surface area contributed by atoms with E-state index < -0.39 is 0 Å². The van der Waals surface area contributed by atoms with Gasteiger partial charge in [0.1, 0.15) is 6.61 Å². The van der Waals surface area contributed by atoms with Gasteiger partial charge in [-0.15, -0.1) is 0 Å². The van der Waals surface area contributed by atoms with Gasteiger partial charge in [-0.1, -0.05) is 23.4 Å². The van der Waals surface area contributed by atoms with Crippen LogP contribution in [0.1, 0.15) is 26.3 Å². The highest BCUT2D eigenvalue weighted by Crippen LogP contribution is 2.20. The van der Waals surface area contributed by atoms with E-state index in [9.17, 15) is 4.79 Å². The van der Waals surface area contributed by atoms with Gasteiger partial charge in [-0.3, -0.25) is 4.79 Å². The van der Waals surface area contributed by atoms with Gasteiger partial charge in [-0.05, 0) is 39.0 Å². The van der Waals surface area contributed by atoms with E-state index in [1.165, 1.54) is 0 Å². The highest BCUT2D eigenvalue weighted by molar-refractivity contribution is 6.31. The molecule has 4 nitrogen and oxygen atoms in total. The molecular formula is C15H19ClN2O2. The van der Waals surface area contributed by atoms with E-state index in [0.717, 1.165) is 0 Å². The maximum absolute atomic E-state index is 11.8. The fourth-order valence-corrected chi connectivity index (χ4v) is 1.52. The first-order chi connectivity index (χ1) is 9.31. The van der Waals surface area contributed by atoms with Crippen LogP contribution >= 0.6 is 11.6 Å². The van der Waals surface area contributed by atoms with Gasteiger partial charge < -0.3 is 15.8 Å². The minimum atomic E-state index is -0.367. The lowest BCUT2D eigenvalue weighted by Gasteiger charge is -2.19. The van der Waals surface area contributed by atoms with Gasteiger partial charge in [-0.2, -0.15) is 0 Å². The van der Waals surface area contributed by atoms with Crippen molar-refractivity contribution in [1.82, 2.24) is 0 Å². The summed E-state index contributed by atoms with van der Waals surface area (Å²) in [5.41, 5.74) is 6.21. The SMILES string of the molecule is CC(C)(C)OCC(=O)Nc1cc(Cl)ccc1C#CCN. The first kappa shape index (κ1) is 16.5. The van der Waals surface area contributed by atoms with E-state index in [4.69, 9.17) is 22.1 Å². The van der Waals surface area contributed by atoms with Crippen LogP contribution < -0.4 is 11.1 Å². The fraction of sp³-hybridized carbons (Fsp3) is 0.400. The van der Waals surface area contributed by atoms with Crippen molar-refractivity contribution in [2.24, 2.45) is 5.73 Å².